The Morgan fingerprint density at radius 3 is 2.03 bits per heavy atom. The Morgan fingerprint density at radius 1 is 0.778 bits per heavy atom. The molecular formula is C29H29ClO6. The molecule has 0 aliphatic heterocycles. The lowest BCUT2D eigenvalue weighted by Crippen LogP contribution is -1.99. The molecule has 0 radical (unpaired) electrons. The van der Waals surface area contributed by atoms with Crippen molar-refractivity contribution in [3.8, 4) is 28.7 Å². The molecule has 0 spiro atoms. The lowest BCUT2D eigenvalue weighted by molar-refractivity contribution is 0.104. The second-order valence-corrected chi connectivity index (χ2v) is 8.06. The van der Waals surface area contributed by atoms with Gasteiger partial charge in [-0.05, 0) is 65.6 Å². The number of methoxy groups -OCH3 is 5. The summed E-state index contributed by atoms with van der Waals surface area (Å²) < 4.78 is 27.0. The van der Waals surface area contributed by atoms with Crippen molar-refractivity contribution in [2.75, 3.05) is 35.5 Å². The number of halogens is 1. The number of allylic oxidation sites excluding steroid dienone is 2. The fraction of sp³-hybridized carbons (Fsp3) is 0.207. The molecule has 3 rings (SSSR count). The molecule has 0 saturated heterocycles. The second kappa shape index (κ2) is 12.7. The third-order valence-electron chi connectivity index (χ3n) is 5.54. The molecule has 3 aromatic rings. The van der Waals surface area contributed by atoms with Gasteiger partial charge >= 0.3 is 0 Å². The van der Waals surface area contributed by atoms with E-state index < -0.39 is 0 Å². The first-order valence-corrected chi connectivity index (χ1v) is 11.5. The first-order valence-electron chi connectivity index (χ1n) is 11.1. The molecule has 0 aliphatic rings. The Labute approximate surface area is 216 Å². The summed E-state index contributed by atoms with van der Waals surface area (Å²) in [4.78, 5) is 12.7. The van der Waals surface area contributed by atoms with Gasteiger partial charge in [-0.1, -0.05) is 42.0 Å². The lowest BCUT2D eigenvalue weighted by atomic mass is 10.0. The van der Waals surface area contributed by atoms with Gasteiger partial charge in [0.2, 0.25) is 5.75 Å². The van der Waals surface area contributed by atoms with E-state index in [9.17, 15) is 4.79 Å². The van der Waals surface area contributed by atoms with E-state index in [-0.39, 0.29) is 5.78 Å². The zero-order valence-electron chi connectivity index (χ0n) is 21.0. The van der Waals surface area contributed by atoms with Crippen LogP contribution in [-0.2, 0) is 6.42 Å². The van der Waals surface area contributed by atoms with Crippen molar-refractivity contribution in [2.45, 2.75) is 6.42 Å². The number of carbonyl (C=O) groups excluding carboxylic acids is 1. The summed E-state index contributed by atoms with van der Waals surface area (Å²) in [5.74, 6) is 2.60. The van der Waals surface area contributed by atoms with Crippen LogP contribution in [0.25, 0.3) is 12.2 Å². The summed E-state index contributed by atoms with van der Waals surface area (Å²) in [6, 6.07) is 14.5. The molecule has 188 valence electrons. The molecule has 0 saturated carbocycles. The van der Waals surface area contributed by atoms with Gasteiger partial charge in [0.15, 0.2) is 17.3 Å². The highest BCUT2D eigenvalue weighted by Gasteiger charge is 2.13. The predicted octanol–water partition coefficient (Wildman–Crippen LogP) is 6.54. The number of benzene rings is 3. The summed E-state index contributed by atoms with van der Waals surface area (Å²) in [7, 11) is 7.82. The van der Waals surface area contributed by atoms with Gasteiger partial charge in [-0.3, -0.25) is 4.79 Å². The van der Waals surface area contributed by atoms with E-state index in [1.165, 1.54) is 0 Å². The molecule has 6 nitrogen and oxygen atoms in total. The molecule has 36 heavy (non-hydrogen) atoms. The van der Waals surface area contributed by atoms with Crippen LogP contribution in [0.1, 0.15) is 27.0 Å². The summed E-state index contributed by atoms with van der Waals surface area (Å²) in [5, 5.41) is 0.486. The van der Waals surface area contributed by atoms with Crippen molar-refractivity contribution < 1.29 is 28.5 Å². The number of ether oxygens (including phenoxy) is 5. The van der Waals surface area contributed by atoms with E-state index >= 15 is 0 Å². The van der Waals surface area contributed by atoms with E-state index in [4.69, 9.17) is 35.3 Å². The molecule has 3 aromatic carbocycles. The smallest absolute Gasteiger partial charge is 0.203 e. The molecule has 0 amide bonds. The van der Waals surface area contributed by atoms with Gasteiger partial charge in [-0.25, -0.2) is 0 Å². The zero-order valence-corrected chi connectivity index (χ0v) is 21.7. The maximum absolute atomic E-state index is 12.7. The van der Waals surface area contributed by atoms with Gasteiger partial charge in [0.25, 0.3) is 0 Å². The minimum atomic E-state index is -0.136. The van der Waals surface area contributed by atoms with Crippen molar-refractivity contribution in [3.63, 3.8) is 0 Å². The SMILES string of the molecule is COc1cc(C/C=C\C(=O)c2ccccc2OC)c(/C=C\c2cc(OC)c(OC)c(OC)c2)cc1Cl. The standard InChI is InChI=1S/C29H29ClO6/c1-32-25-12-7-6-10-22(25)24(31)11-8-9-20-18-26(33-2)23(30)17-21(20)14-13-19-15-27(34-3)29(36-5)28(16-19)35-4/h6-8,10-18H,9H2,1-5H3/b11-8-,14-13-. The van der Waals surface area contributed by atoms with Gasteiger partial charge < -0.3 is 23.7 Å². The van der Waals surface area contributed by atoms with Gasteiger partial charge in [0, 0.05) is 0 Å². The minimum Gasteiger partial charge on any atom is -0.496 e. The van der Waals surface area contributed by atoms with E-state index in [1.54, 1.807) is 59.8 Å². The average molecular weight is 509 g/mol. The minimum absolute atomic E-state index is 0.136. The van der Waals surface area contributed by atoms with E-state index in [1.807, 2.05) is 48.6 Å². The zero-order chi connectivity index (χ0) is 26.1. The first kappa shape index (κ1) is 26.7. The molecule has 0 fully saturated rings. The van der Waals surface area contributed by atoms with Crippen LogP contribution in [0, 0.1) is 0 Å². The molecule has 0 unspecified atom stereocenters. The predicted molar refractivity (Wildman–Crippen MR) is 143 cm³/mol. The summed E-state index contributed by atoms with van der Waals surface area (Å²) in [6.45, 7) is 0. The van der Waals surface area contributed by atoms with Crippen molar-refractivity contribution in [3.05, 3.63) is 88.0 Å². The summed E-state index contributed by atoms with van der Waals surface area (Å²) in [5.41, 5.74) is 3.17. The normalized spacial score (nSPS) is 11.1. The quantitative estimate of drug-likeness (QED) is 0.166. The third-order valence-corrected chi connectivity index (χ3v) is 5.83. The van der Waals surface area contributed by atoms with Crippen LogP contribution in [-0.4, -0.2) is 41.3 Å². The molecule has 0 heterocycles. The number of ketones is 1. The van der Waals surface area contributed by atoms with E-state index in [2.05, 4.69) is 0 Å². The number of hydrogen-bond donors (Lipinski definition) is 0. The highest BCUT2D eigenvalue weighted by Crippen LogP contribution is 2.39. The van der Waals surface area contributed by atoms with E-state index in [0.29, 0.717) is 45.8 Å². The van der Waals surface area contributed by atoms with Crippen LogP contribution in [0.2, 0.25) is 5.02 Å². The van der Waals surface area contributed by atoms with Crippen molar-refractivity contribution in [1.29, 1.82) is 0 Å². The van der Waals surface area contributed by atoms with Gasteiger partial charge in [-0.2, -0.15) is 0 Å². The first-order chi connectivity index (χ1) is 17.4. The van der Waals surface area contributed by atoms with Crippen LogP contribution in [0.3, 0.4) is 0 Å². The summed E-state index contributed by atoms with van der Waals surface area (Å²) >= 11 is 6.41. The van der Waals surface area contributed by atoms with Gasteiger partial charge in [-0.15, -0.1) is 0 Å². The highest BCUT2D eigenvalue weighted by molar-refractivity contribution is 6.32. The fourth-order valence-corrected chi connectivity index (χ4v) is 3.96. The molecule has 0 aromatic heterocycles. The third kappa shape index (κ3) is 6.20. The van der Waals surface area contributed by atoms with Crippen LogP contribution in [0.15, 0.2) is 60.7 Å². The Hall–Kier alpha value is -3.90. The van der Waals surface area contributed by atoms with Crippen LogP contribution >= 0.6 is 11.6 Å². The van der Waals surface area contributed by atoms with Crippen molar-refractivity contribution in [2.24, 2.45) is 0 Å². The Morgan fingerprint density at radius 2 is 1.42 bits per heavy atom. The van der Waals surface area contributed by atoms with Gasteiger partial charge in [0.1, 0.15) is 11.5 Å². The maximum atomic E-state index is 12.7. The summed E-state index contributed by atoms with van der Waals surface area (Å²) in [6.07, 6.45) is 7.72. The van der Waals surface area contributed by atoms with Gasteiger partial charge in [0.05, 0.1) is 46.1 Å². The number of hydrogen-bond acceptors (Lipinski definition) is 6. The maximum Gasteiger partial charge on any atom is 0.203 e. The number of carbonyl (C=O) groups is 1. The monoisotopic (exact) mass is 508 g/mol. The fourth-order valence-electron chi connectivity index (χ4n) is 3.71. The Balaban J connectivity index is 1.91. The molecule has 0 bridgehead atoms. The Bertz CT molecular complexity index is 1250. The molecule has 0 atom stereocenters. The number of para-hydroxylation sites is 1. The van der Waals surface area contributed by atoms with Crippen LogP contribution in [0.5, 0.6) is 28.7 Å². The topological polar surface area (TPSA) is 63.2 Å². The molecule has 0 aliphatic carbocycles. The Kier molecular flexibility index (Phi) is 9.42. The van der Waals surface area contributed by atoms with Crippen molar-refractivity contribution in [1.82, 2.24) is 0 Å². The van der Waals surface area contributed by atoms with Crippen molar-refractivity contribution >= 4 is 29.5 Å². The van der Waals surface area contributed by atoms with Crippen LogP contribution < -0.4 is 23.7 Å². The highest BCUT2D eigenvalue weighted by atomic mass is 35.5. The lowest BCUT2D eigenvalue weighted by Gasteiger charge is -2.13. The molecule has 0 N–H and O–H groups in total. The number of rotatable bonds is 11. The van der Waals surface area contributed by atoms with E-state index in [0.717, 1.165) is 16.7 Å². The largest absolute Gasteiger partial charge is 0.496 e. The second-order valence-electron chi connectivity index (χ2n) is 7.65. The van der Waals surface area contributed by atoms with Crippen LogP contribution in [0.4, 0.5) is 0 Å². The average Bonchev–Trinajstić information content (AvgIpc) is 2.91. The molecular weight excluding hydrogens is 480 g/mol. The molecule has 7 heteroatoms.